The number of para-hydroxylation sites is 1. The number of benzene rings is 2. The van der Waals surface area contributed by atoms with Gasteiger partial charge in [0.1, 0.15) is 0 Å². The van der Waals surface area contributed by atoms with Crippen molar-refractivity contribution in [2.75, 3.05) is 26.1 Å². The third-order valence-corrected chi connectivity index (χ3v) is 5.61. The van der Waals surface area contributed by atoms with Gasteiger partial charge in [-0.15, -0.1) is 0 Å². The summed E-state index contributed by atoms with van der Waals surface area (Å²) in [5, 5.41) is 3.08. The van der Waals surface area contributed by atoms with Crippen LogP contribution in [0, 0.1) is 0 Å². The van der Waals surface area contributed by atoms with Gasteiger partial charge in [0.05, 0.1) is 13.7 Å². The Balaban J connectivity index is 1.72. The lowest BCUT2D eigenvalue weighted by Crippen LogP contribution is -2.33. The summed E-state index contributed by atoms with van der Waals surface area (Å²) in [5.41, 5.74) is 2.53. The maximum Gasteiger partial charge on any atom is 0.255 e. The molecule has 5 nitrogen and oxygen atoms in total. The van der Waals surface area contributed by atoms with Gasteiger partial charge in [-0.25, -0.2) is 0 Å². The molecule has 0 atom stereocenters. The molecule has 2 aromatic rings. The topological polar surface area (TPSA) is 50.8 Å². The van der Waals surface area contributed by atoms with Crippen molar-refractivity contribution in [1.29, 1.82) is 0 Å². The van der Waals surface area contributed by atoms with E-state index in [4.69, 9.17) is 9.47 Å². The number of ether oxygens (including phenoxy) is 2. The van der Waals surface area contributed by atoms with Gasteiger partial charge in [-0.3, -0.25) is 9.69 Å². The Bertz CT molecular complexity index is 816. The average molecular weight is 397 g/mol. The van der Waals surface area contributed by atoms with E-state index >= 15 is 0 Å². The molecule has 0 unspecified atom stereocenters. The summed E-state index contributed by atoms with van der Waals surface area (Å²) in [6.07, 6.45) is 6.50. The molecule has 0 saturated heterocycles. The Morgan fingerprint density at radius 1 is 1.10 bits per heavy atom. The van der Waals surface area contributed by atoms with Crippen LogP contribution in [0.3, 0.4) is 0 Å². The van der Waals surface area contributed by atoms with Crippen molar-refractivity contribution in [3.05, 3.63) is 53.6 Å². The Morgan fingerprint density at radius 2 is 1.86 bits per heavy atom. The largest absolute Gasteiger partial charge is 0.493 e. The molecule has 0 heterocycles. The summed E-state index contributed by atoms with van der Waals surface area (Å²) in [7, 11) is 3.77. The fraction of sp³-hybridized carbons (Fsp3) is 0.458. The highest BCUT2D eigenvalue weighted by Crippen LogP contribution is 2.29. The van der Waals surface area contributed by atoms with Crippen LogP contribution in [0.4, 0.5) is 5.69 Å². The second-order valence-electron chi connectivity index (χ2n) is 7.62. The molecule has 5 heteroatoms. The van der Waals surface area contributed by atoms with Crippen molar-refractivity contribution >= 4 is 11.6 Å². The van der Waals surface area contributed by atoms with Crippen LogP contribution in [0.2, 0.25) is 0 Å². The molecule has 3 rings (SSSR count). The van der Waals surface area contributed by atoms with Crippen molar-refractivity contribution in [2.24, 2.45) is 0 Å². The van der Waals surface area contributed by atoms with Crippen LogP contribution < -0.4 is 14.8 Å². The van der Waals surface area contributed by atoms with Gasteiger partial charge in [-0.1, -0.05) is 37.5 Å². The summed E-state index contributed by atoms with van der Waals surface area (Å²) in [6, 6.07) is 13.9. The van der Waals surface area contributed by atoms with Crippen molar-refractivity contribution < 1.29 is 14.3 Å². The van der Waals surface area contributed by atoms with E-state index in [0.29, 0.717) is 29.7 Å². The maximum atomic E-state index is 12.9. The number of hydrogen-bond acceptors (Lipinski definition) is 4. The van der Waals surface area contributed by atoms with Gasteiger partial charge in [0.2, 0.25) is 0 Å². The minimum atomic E-state index is -0.154. The van der Waals surface area contributed by atoms with E-state index in [1.807, 2.05) is 25.1 Å². The molecular formula is C24H32N2O3. The van der Waals surface area contributed by atoms with E-state index in [9.17, 15) is 4.79 Å². The van der Waals surface area contributed by atoms with Crippen molar-refractivity contribution in [3.63, 3.8) is 0 Å². The molecule has 0 aliphatic heterocycles. The molecule has 156 valence electrons. The average Bonchev–Trinajstić information content (AvgIpc) is 2.76. The number of carbonyl (C=O) groups excluding carboxylic acids is 1. The summed E-state index contributed by atoms with van der Waals surface area (Å²) in [5.74, 6) is 1.05. The first kappa shape index (κ1) is 21.2. The van der Waals surface area contributed by atoms with E-state index in [2.05, 4.69) is 23.3 Å². The fourth-order valence-electron chi connectivity index (χ4n) is 3.98. The second-order valence-corrected chi connectivity index (χ2v) is 7.62. The predicted octanol–water partition coefficient (Wildman–Crippen LogP) is 5.11. The molecule has 2 aromatic carbocycles. The lowest BCUT2D eigenvalue weighted by atomic mass is 9.94. The Hall–Kier alpha value is -2.53. The predicted molar refractivity (Wildman–Crippen MR) is 117 cm³/mol. The van der Waals surface area contributed by atoms with Crippen LogP contribution in [0.25, 0.3) is 0 Å². The van der Waals surface area contributed by atoms with Crippen LogP contribution in [-0.2, 0) is 6.54 Å². The van der Waals surface area contributed by atoms with E-state index in [0.717, 1.165) is 17.8 Å². The lowest BCUT2D eigenvalue weighted by Gasteiger charge is -2.31. The molecular weight excluding hydrogens is 364 g/mol. The Morgan fingerprint density at radius 3 is 2.59 bits per heavy atom. The number of nitrogens with one attached hydrogen (secondary N) is 1. The molecule has 0 radical (unpaired) electrons. The van der Waals surface area contributed by atoms with Gasteiger partial charge >= 0.3 is 0 Å². The number of anilines is 1. The van der Waals surface area contributed by atoms with E-state index in [1.165, 1.54) is 32.1 Å². The fourth-order valence-corrected chi connectivity index (χ4v) is 3.98. The minimum absolute atomic E-state index is 0.154. The molecule has 1 fully saturated rings. The van der Waals surface area contributed by atoms with Gasteiger partial charge in [0, 0.05) is 23.8 Å². The third-order valence-electron chi connectivity index (χ3n) is 5.61. The first-order valence-corrected chi connectivity index (χ1v) is 10.5. The third kappa shape index (κ3) is 5.51. The zero-order valence-corrected chi connectivity index (χ0v) is 17.7. The molecule has 1 amide bonds. The summed E-state index contributed by atoms with van der Waals surface area (Å²) in [6.45, 7) is 3.29. The van der Waals surface area contributed by atoms with E-state index in [1.54, 1.807) is 25.3 Å². The smallest absolute Gasteiger partial charge is 0.255 e. The summed E-state index contributed by atoms with van der Waals surface area (Å²) < 4.78 is 10.9. The zero-order valence-electron chi connectivity index (χ0n) is 17.7. The van der Waals surface area contributed by atoms with Crippen LogP contribution in [0.15, 0.2) is 42.5 Å². The molecule has 1 saturated carbocycles. The zero-order chi connectivity index (χ0) is 20.6. The first-order chi connectivity index (χ1) is 14.1. The van der Waals surface area contributed by atoms with Crippen LogP contribution >= 0.6 is 0 Å². The van der Waals surface area contributed by atoms with Gasteiger partial charge in [0.15, 0.2) is 11.5 Å². The normalized spacial score (nSPS) is 14.6. The standard InChI is InChI=1S/C24H32N2O3/c1-4-29-22-15-14-18(16-23(22)28-3)24(27)25-21-13-9-8-10-19(21)17-26(2)20-11-6-5-7-12-20/h8-10,13-16,20H,4-7,11-12,17H2,1-3H3,(H,25,27). The van der Waals surface area contributed by atoms with Gasteiger partial charge in [-0.2, -0.15) is 0 Å². The van der Waals surface area contributed by atoms with Crippen LogP contribution in [0.1, 0.15) is 54.9 Å². The molecule has 29 heavy (non-hydrogen) atoms. The molecule has 1 N–H and O–H groups in total. The van der Waals surface area contributed by atoms with Crippen LogP contribution in [0.5, 0.6) is 11.5 Å². The quantitative estimate of drug-likeness (QED) is 0.674. The maximum absolute atomic E-state index is 12.9. The summed E-state index contributed by atoms with van der Waals surface area (Å²) >= 11 is 0. The molecule has 1 aliphatic rings. The number of methoxy groups -OCH3 is 1. The highest BCUT2D eigenvalue weighted by molar-refractivity contribution is 6.05. The number of amides is 1. The molecule has 0 aromatic heterocycles. The number of carbonyl (C=O) groups is 1. The number of nitrogens with zero attached hydrogens (tertiary/aromatic N) is 1. The molecule has 0 spiro atoms. The number of rotatable bonds is 8. The van der Waals surface area contributed by atoms with Crippen molar-refractivity contribution in [2.45, 2.75) is 51.6 Å². The summed E-state index contributed by atoms with van der Waals surface area (Å²) in [4.78, 5) is 15.3. The van der Waals surface area contributed by atoms with Crippen LogP contribution in [-0.4, -0.2) is 37.6 Å². The van der Waals surface area contributed by atoms with Crippen molar-refractivity contribution in [3.8, 4) is 11.5 Å². The van der Waals surface area contributed by atoms with Gasteiger partial charge in [0.25, 0.3) is 5.91 Å². The Labute approximate surface area is 174 Å². The van der Waals surface area contributed by atoms with Gasteiger partial charge in [-0.05, 0) is 56.6 Å². The highest BCUT2D eigenvalue weighted by Gasteiger charge is 2.19. The highest BCUT2D eigenvalue weighted by atomic mass is 16.5. The minimum Gasteiger partial charge on any atom is -0.493 e. The Kier molecular flexibility index (Phi) is 7.53. The molecule has 1 aliphatic carbocycles. The SMILES string of the molecule is CCOc1ccc(C(=O)Nc2ccccc2CN(C)C2CCCCC2)cc1OC. The van der Waals surface area contributed by atoms with Gasteiger partial charge < -0.3 is 14.8 Å². The first-order valence-electron chi connectivity index (χ1n) is 10.5. The van der Waals surface area contributed by atoms with Crippen molar-refractivity contribution in [1.82, 2.24) is 4.90 Å². The lowest BCUT2D eigenvalue weighted by molar-refractivity contribution is 0.102. The van der Waals surface area contributed by atoms with E-state index in [-0.39, 0.29) is 5.91 Å². The van der Waals surface area contributed by atoms with E-state index < -0.39 is 0 Å². The monoisotopic (exact) mass is 396 g/mol. The molecule has 0 bridgehead atoms. The second kappa shape index (κ2) is 10.3. The number of hydrogen-bond donors (Lipinski definition) is 1.